The van der Waals surface area contributed by atoms with Gasteiger partial charge in [0.05, 0.1) is 26.0 Å². The van der Waals surface area contributed by atoms with E-state index in [4.69, 9.17) is 18.6 Å². The fourth-order valence-electron chi connectivity index (χ4n) is 3.61. The first-order valence-corrected chi connectivity index (χ1v) is 10.0. The first kappa shape index (κ1) is 20.3. The van der Waals surface area contributed by atoms with Crippen molar-refractivity contribution in [2.45, 2.75) is 0 Å². The molecule has 0 bridgehead atoms. The lowest BCUT2D eigenvalue weighted by Gasteiger charge is -2.26. The number of fused-ring (bicyclic) bond motifs is 1. The number of benzene rings is 2. The molecule has 2 heterocycles. The topological polar surface area (TPSA) is 64.4 Å². The molecular formula is C23H26N2O5. The van der Waals surface area contributed by atoms with Crippen molar-refractivity contribution in [1.29, 1.82) is 0 Å². The highest BCUT2D eigenvalue weighted by atomic mass is 16.5. The van der Waals surface area contributed by atoms with Gasteiger partial charge in [-0.05, 0) is 24.3 Å². The largest absolute Gasteiger partial charge is 0.493 e. The number of methoxy groups -OCH3 is 1. The van der Waals surface area contributed by atoms with Gasteiger partial charge >= 0.3 is 5.63 Å². The maximum atomic E-state index is 12.0. The van der Waals surface area contributed by atoms with E-state index in [1.54, 1.807) is 13.2 Å². The van der Waals surface area contributed by atoms with E-state index < -0.39 is 0 Å². The summed E-state index contributed by atoms with van der Waals surface area (Å²) in [4.78, 5) is 16.3. The zero-order valence-electron chi connectivity index (χ0n) is 17.3. The van der Waals surface area contributed by atoms with Crippen LogP contribution >= 0.6 is 0 Å². The third kappa shape index (κ3) is 4.42. The second-order valence-electron chi connectivity index (χ2n) is 7.14. The molecule has 0 unspecified atom stereocenters. The van der Waals surface area contributed by atoms with Crippen LogP contribution in [0.2, 0.25) is 0 Å². The van der Waals surface area contributed by atoms with Crippen LogP contribution in [0.5, 0.6) is 11.5 Å². The maximum absolute atomic E-state index is 12.0. The quantitative estimate of drug-likeness (QED) is 0.554. The van der Waals surface area contributed by atoms with E-state index in [2.05, 4.69) is 4.90 Å². The number of morpholine rings is 1. The summed E-state index contributed by atoms with van der Waals surface area (Å²) in [6, 6.07) is 14.8. The average molecular weight is 410 g/mol. The van der Waals surface area contributed by atoms with Crippen molar-refractivity contribution >= 4 is 22.3 Å². The molecule has 7 nitrogen and oxygen atoms in total. The van der Waals surface area contributed by atoms with Gasteiger partial charge in [0.2, 0.25) is 0 Å². The minimum Gasteiger partial charge on any atom is -0.493 e. The van der Waals surface area contributed by atoms with Crippen LogP contribution in [-0.4, -0.2) is 58.5 Å². The van der Waals surface area contributed by atoms with Crippen molar-refractivity contribution in [3.05, 3.63) is 59.0 Å². The summed E-state index contributed by atoms with van der Waals surface area (Å²) in [5, 5.41) is 0.866. The predicted octanol–water partition coefficient (Wildman–Crippen LogP) is 3.28. The Morgan fingerprint density at radius 3 is 2.67 bits per heavy atom. The van der Waals surface area contributed by atoms with E-state index in [1.165, 1.54) is 6.07 Å². The molecule has 0 atom stereocenters. The fraction of sp³-hybridized carbons (Fsp3) is 0.348. The van der Waals surface area contributed by atoms with Gasteiger partial charge < -0.3 is 23.5 Å². The molecule has 1 fully saturated rings. The van der Waals surface area contributed by atoms with Gasteiger partial charge in [0.15, 0.2) is 11.5 Å². The van der Waals surface area contributed by atoms with Gasteiger partial charge in [0.25, 0.3) is 0 Å². The number of rotatable bonds is 7. The lowest BCUT2D eigenvalue weighted by Crippen LogP contribution is -2.38. The van der Waals surface area contributed by atoms with Gasteiger partial charge in [-0.3, -0.25) is 4.90 Å². The highest BCUT2D eigenvalue weighted by Crippen LogP contribution is 2.35. The summed E-state index contributed by atoms with van der Waals surface area (Å²) in [5.74, 6) is 1.34. The molecule has 4 rings (SSSR count). The Hall–Kier alpha value is -3.03. The number of hydrogen-bond donors (Lipinski definition) is 0. The molecule has 0 N–H and O–H groups in total. The smallest absolute Gasteiger partial charge is 0.338 e. The van der Waals surface area contributed by atoms with Crippen LogP contribution in [0, 0.1) is 0 Å². The van der Waals surface area contributed by atoms with E-state index in [0.29, 0.717) is 23.7 Å². The molecule has 158 valence electrons. The Labute approximate surface area is 175 Å². The lowest BCUT2D eigenvalue weighted by molar-refractivity contribution is 0.0321. The van der Waals surface area contributed by atoms with Gasteiger partial charge in [-0.1, -0.05) is 12.1 Å². The lowest BCUT2D eigenvalue weighted by atomic mass is 10.1. The number of para-hydroxylation sites is 1. The van der Waals surface area contributed by atoms with E-state index in [1.807, 2.05) is 48.3 Å². The molecule has 1 saturated heterocycles. The van der Waals surface area contributed by atoms with E-state index >= 15 is 0 Å². The van der Waals surface area contributed by atoms with Crippen LogP contribution in [0.3, 0.4) is 0 Å². The standard InChI is InChI=1S/C23H26N2O5/c1-24(19-16-23(26)30-20-6-4-3-5-18(19)20)17-7-8-21(27-2)22(15-17)29-14-11-25-9-12-28-13-10-25/h3-8,15-16H,9-14H2,1-2H3. The highest BCUT2D eigenvalue weighted by Gasteiger charge is 2.15. The van der Waals surface area contributed by atoms with Gasteiger partial charge in [-0.15, -0.1) is 0 Å². The van der Waals surface area contributed by atoms with Crippen molar-refractivity contribution in [1.82, 2.24) is 4.90 Å². The molecule has 0 saturated carbocycles. The minimum absolute atomic E-state index is 0.383. The average Bonchev–Trinajstić information content (AvgIpc) is 2.78. The summed E-state index contributed by atoms with van der Waals surface area (Å²) in [6.45, 7) is 4.77. The monoisotopic (exact) mass is 410 g/mol. The second-order valence-corrected chi connectivity index (χ2v) is 7.14. The van der Waals surface area contributed by atoms with Gasteiger partial charge in [0.1, 0.15) is 12.2 Å². The van der Waals surface area contributed by atoms with E-state index in [9.17, 15) is 4.79 Å². The summed E-state index contributed by atoms with van der Waals surface area (Å²) in [6.07, 6.45) is 0. The van der Waals surface area contributed by atoms with Crippen molar-refractivity contribution in [3.8, 4) is 11.5 Å². The summed E-state index contributed by atoms with van der Waals surface area (Å²) >= 11 is 0. The molecule has 3 aromatic rings. The number of anilines is 2. The van der Waals surface area contributed by atoms with Crippen molar-refractivity contribution in [2.24, 2.45) is 0 Å². The molecule has 0 aliphatic carbocycles. The molecule has 2 aromatic carbocycles. The molecule has 0 radical (unpaired) electrons. The van der Waals surface area contributed by atoms with E-state index in [0.717, 1.165) is 49.6 Å². The van der Waals surface area contributed by atoms with Crippen LogP contribution < -0.4 is 20.0 Å². The zero-order valence-corrected chi connectivity index (χ0v) is 17.3. The zero-order chi connectivity index (χ0) is 20.9. The Balaban J connectivity index is 1.57. The third-order valence-corrected chi connectivity index (χ3v) is 5.29. The SMILES string of the molecule is COc1ccc(N(C)c2cc(=O)oc3ccccc23)cc1OCCN1CCOCC1. The molecule has 7 heteroatoms. The van der Waals surface area contributed by atoms with E-state index in [-0.39, 0.29) is 5.63 Å². The van der Waals surface area contributed by atoms with Crippen LogP contribution in [0.1, 0.15) is 0 Å². The van der Waals surface area contributed by atoms with Gasteiger partial charge in [-0.2, -0.15) is 0 Å². The Morgan fingerprint density at radius 1 is 1.07 bits per heavy atom. The number of hydrogen-bond acceptors (Lipinski definition) is 7. The molecule has 0 amide bonds. The fourth-order valence-corrected chi connectivity index (χ4v) is 3.61. The Kier molecular flexibility index (Phi) is 6.21. The Bertz CT molecular complexity index is 1060. The van der Waals surface area contributed by atoms with Crippen LogP contribution in [0.15, 0.2) is 57.7 Å². The third-order valence-electron chi connectivity index (χ3n) is 5.29. The molecule has 1 aromatic heterocycles. The van der Waals surface area contributed by atoms with Crippen LogP contribution in [-0.2, 0) is 4.74 Å². The van der Waals surface area contributed by atoms with Crippen molar-refractivity contribution < 1.29 is 18.6 Å². The predicted molar refractivity (Wildman–Crippen MR) is 116 cm³/mol. The van der Waals surface area contributed by atoms with Crippen molar-refractivity contribution in [2.75, 3.05) is 58.5 Å². The second kappa shape index (κ2) is 9.19. The van der Waals surface area contributed by atoms with Crippen LogP contribution in [0.25, 0.3) is 11.0 Å². The summed E-state index contributed by atoms with van der Waals surface area (Å²) in [5.41, 5.74) is 1.83. The van der Waals surface area contributed by atoms with Gasteiger partial charge in [-0.25, -0.2) is 4.79 Å². The highest BCUT2D eigenvalue weighted by molar-refractivity contribution is 5.92. The van der Waals surface area contributed by atoms with Gasteiger partial charge in [0, 0.05) is 49.9 Å². The molecule has 1 aliphatic rings. The summed E-state index contributed by atoms with van der Waals surface area (Å²) < 4.78 is 22.2. The number of nitrogens with zero attached hydrogens (tertiary/aromatic N) is 2. The molecule has 0 spiro atoms. The summed E-state index contributed by atoms with van der Waals surface area (Å²) in [7, 11) is 3.55. The van der Waals surface area contributed by atoms with Crippen molar-refractivity contribution in [3.63, 3.8) is 0 Å². The molecule has 1 aliphatic heterocycles. The first-order chi connectivity index (χ1) is 14.7. The first-order valence-electron chi connectivity index (χ1n) is 10.0. The maximum Gasteiger partial charge on any atom is 0.338 e. The number of ether oxygens (including phenoxy) is 3. The van der Waals surface area contributed by atoms with Crippen LogP contribution in [0.4, 0.5) is 11.4 Å². The normalized spacial score (nSPS) is 14.6. The Morgan fingerprint density at radius 2 is 1.87 bits per heavy atom. The molecular weight excluding hydrogens is 384 g/mol. The molecule has 30 heavy (non-hydrogen) atoms. The minimum atomic E-state index is -0.383.